The van der Waals surface area contributed by atoms with Gasteiger partial charge in [0.15, 0.2) is 5.17 Å². The number of aliphatic imine (C=N–C) groups is 1. The van der Waals surface area contributed by atoms with E-state index in [-0.39, 0.29) is 10.7 Å². The Morgan fingerprint density at radius 1 is 1.43 bits per heavy atom. The number of nitrogens with one attached hydrogen (secondary N) is 2. The van der Waals surface area contributed by atoms with Gasteiger partial charge in [0.1, 0.15) is 4.75 Å². The standard InChI is InChI=1S/C16H27N3OS/c1-4-11-7-10(2)13(8-11)18-15-19-14(20)16(3,21-15)12-5-6-17-9-12/h10-13,17H,4-9H2,1-3H3,(H,18,19,20). The summed E-state index contributed by atoms with van der Waals surface area (Å²) >= 11 is 1.67. The third-order valence-electron chi connectivity index (χ3n) is 5.62. The number of nitrogens with zero attached hydrogens (tertiary/aromatic N) is 1. The molecule has 4 nitrogen and oxygen atoms in total. The van der Waals surface area contributed by atoms with E-state index in [1.165, 1.54) is 19.3 Å². The lowest BCUT2D eigenvalue weighted by Gasteiger charge is -2.25. The van der Waals surface area contributed by atoms with Crippen molar-refractivity contribution >= 4 is 22.8 Å². The van der Waals surface area contributed by atoms with Crippen LogP contribution in [0.15, 0.2) is 4.99 Å². The van der Waals surface area contributed by atoms with Gasteiger partial charge in [0.25, 0.3) is 0 Å². The van der Waals surface area contributed by atoms with Crippen LogP contribution < -0.4 is 10.6 Å². The molecule has 5 atom stereocenters. The first-order valence-corrected chi connectivity index (χ1v) is 9.13. The number of carbonyl (C=O) groups is 1. The number of hydrogen-bond acceptors (Lipinski definition) is 4. The predicted octanol–water partition coefficient (Wildman–Crippen LogP) is 2.40. The molecule has 3 aliphatic rings. The van der Waals surface area contributed by atoms with Crippen molar-refractivity contribution in [2.45, 2.75) is 57.2 Å². The van der Waals surface area contributed by atoms with Crippen LogP contribution in [0.25, 0.3) is 0 Å². The van der Waals surface area contributed by atoms with Crippen molar-refractivity contribution in [2.75, 3.05) is 13.1 Å². The van der Waals surface area contributed by atoms with Gasteiger partial charge in [-0.3, -0.25) is 9.79 Å². The molecule has 21 heavy (non-hydrogen) atoms. The van der Waals surface area contributed by atoms with Crippen molar-refractivity contribution in [1.82, 2.24) is 10.6 Å². The van der Waals surface area contributed by atoms with Crippen molar-refractivity contribution in [2.24, 2.45) is 22.7 Å². The lowest BCUT2D eigenvalue weighted by atomic mass is 9.91. The first-order valence-electron chi connectivity index (χ1n) is 8.32. The lowest BCUT2D eigenvalue weighted by molar-refractivity contribution is -0.122. The highest BCUT2D eigenvalue weighted by atomic mass is 32.2. The number of amidine groups is 1. The van der Waals surface area contributed by atoms with E-state index in [9.17, 15) is 4.79 Å². The Morgan fingerprint density at radius 2 is 2.24 bits per heavy atom. The van der Waals surface area contributed by atoms with Gasteiger partial charge in [0, 0.05) is 0 Å². The fourth-order valence-electron chi connectivity index (χ4n) is 3.96. The fraction of sp³-hybridized carbons (Fsp3) is 0.875. The van der Waals surface area contributed by atoms with Gasteiger partial charge in [-0.1, -0.05) is 32.0 Å². The maximum atomic E-state index is 12.4. The van der Waals surface area contributed by atoms with Gasteiger partial charge in [-0.25, -0.2) is 0 Å². The lowest BCUT2D eigenvalue weighted by Crippen LogP contribution is -2.41. The number of amides is 1. The van der Waals surface area contributed by atoms with Crippen LogP contribution in [0.2, 0.25) is 0 Å². The second-order valence-corrected chi connectivity index (χ2v) is 8.52. The molecule has 2 aliphatic heterocycles. The van der Waals surface area contributed by atoms with Crippen molar-refractivity contribution < 1.29 is 4.79 Å². The molecule has 3 rings (SSSR count). The Morgan fingerprint density at radius 3 is 2.86 bits per heavy atom. The summed E-state index contributed by atoms with van der Waals surface area (Å²) in [6.07, 6.45) is 4.79. The van der Waals surface area contributed by atoms with E-state index in [0.717, 1.165) is 30.6 Å². The van der Waals surface area contributed by atoms with E-state index in [2.05, 4.69) is 31.4 Å². The summed E-state index contributed by atoms with van der Waals surface area (Å²) < 4.78 is -0.339. The third-order valence-corrected chi connectivity index (χ3v) is 6.96. The van der Waals surface area contributed by atoms with E-state index in [4.69, 9.17) is 4.99 Å². The zero-order valence-electron chi connectivity index (χ0n) is 13.3. The Balaban J connectivity index is 1.70. The van der Waals surface area contributed by atoms with Crippen LogP contribution >= 0.6 is 11.8 Å². The number of hydrogen-bond donors (Lipinski definition) is 2. The number of thioether (sulfide) groups is 1. The number of carbonyl (C=O) groups excluding carboxylic acids is 1. The summed E-state index contributed by atoms with van der Waals surface area (Å²) in [6, 6.07) is 0.391. The Hall–Kier alpha value is -0.550. The normalized spacial score (nSPS) is 45.5. The van der Waals surface area contributed by atoms with E-state index in [0.29, 0.717) is 17.9 Å². The summed E-state index contributed by atoms with van der Waals surface area (Å²) in [5.41, 5.74) is 0. The zero-order valence-corrected chi connectivity index (χ0v) is 14.1. The molecule has 1 aliphatic carbocycles. The molecule has 5 unspecified atom stereocenters. The largest absolute Gasteiger partial charge is 0.316 e. The molecule has 1 amide bonds. The first-order chi connectivity index (χ1) is 10.0. The van der Waals surface area contributed by atoms with Crippen LogP contribution in [-0.4, -0.2) is 35.0 Å². The van der Waals surface area contributed by atoms with Gasteiger partial charge in [0.2, 0.25) is 5.91 Å². The highest BCUT2D eigenvalue weighted by molar-refractivity contribution is 8.16. The molecule has 0 aromatic rings. The molecule has 0 aromatic heterocycles. The average Bonchev–Trinajstić information content (AvgIpc) is 3.13. The molecule has 1 saturated carbocycles. The fourth-order valence-corrected chi connectivity index (χ4v) is 5.21. The molecule has 2 saturated heterocycles. The van der Waals surface area contributed by atoms with Crippen LogP contribution in [0.3, 0.4) is 0 Å². The van der Waals surface area contributed by atoms with Gasteiger partial charge >= 0.3 is 0 Å². The molecule has 0 aromatic carbocycles. The summed E-state index contributed by atoms with van der Waals surface area (Å²) in [5.74, 6) is 2.01. The second kappa shape index (κ2) is 5.92. The average molecular weight is 309 g/mol. The van der Waals surface area contributed by atoms with E-state index in [1.54, 1.807) is 11.8 Å². The Bertz CT molecular complexity index is 447. The topological polar surface area (TPSA) is 53.5 Å². The Kier molecular flexibility index (Phi) is 4.33. The Labute approximate surface area is 131 Å². The molecular formula is C16H27N3OS. The summed E-state index contributed by atoms with van der Waals surface area (Å²) in [7, 11) is 0. The van der Waals surface area contributed by atoms with Crippen molar-refractivity contribution in [3.63, 3.8) is 0 Å². The summed E-state index contributed by atoms with van der Waals surface area (Å²) in [5, 5.41) is 7.28. The maximum absolute atomic E-state index is 12.4. The smallest absolute Gasteiger partial charge is 0.242 e. The maximum Gasteiger partial charge on any atom is 0.242 e. The first kappa shape index (κ1) is 15.3. The molecule has 0 radical (unpaired) electrons. The minimum absolute atomic E-state index is 0.151. The van der Waals surface area contributed by atoms with Crippen LogP contribution in [0.4, 0.5) is 0 Å². The predicted molar refractivity (Wildman–Crippen MR) is 88.5 cm³/mol. The van der Waals surface area contributed by atoms with E-state index >= 15 is 0 Å². The van der Waals surface area contributed by atoms with Gasteiger partial charge in [-0.05, 0) is 57.0 Å². The number of rotatable bonds is 3. The third kappa shape index (κ3) is 2.87. The quantitative estimate of drug-likeness (QED) is 0.842. The summed E-state index contributed by atoms with van der Waals surface area (Å²) in [6.45, 7) is 8.62. The van der Waals surface area contributed by atoms with Gasteiger partial charge in [0.05, 0.1) is 6.04 Å². The van der Waals surface area contributed by atoms with Crippen LogP contribution in [-0.2, 0) is 4.79 Å². The van der Waals surface area contributed by atoms with E-state index < -0.39 is 0 Å². The summed E-state index contributed by atoms with van der Waals surface area (Å²) in [4.78, 5) is 17.3. The second-order valence-electron chi connectivity index (χ2n) is 7.08. The van der Waals surface area contributed by atoms with Gasteiger partial charge in [-0.2, -0.15) is 0 Å². The van der Waals surface area contributed by atoms with Crippen molar-refractivity contribution in [3.8, 4) is 0 Å². The molecule has 5 heteroatoms. The molecule has 2 N–H and O–H groups in total. The van der Waals surface area contributed by atoms with Gasteiger partial charge in [-0.15, -0.1) is 0 Å². The molecule has 0 bridgehead atoms. The van der Waals surface area contributed by atoms with Crippen molar-refractivity contribution in [1.29, 1.82) is 0 Å². The van der Waals surface area contributed by atoms with Crippen LogP contribution in [0.1, 0.15) is 46.5 Å². The molecule has 3 fully saturated rings. The van der Waals surface area contributed by atoms with Crippen LogP contribution in [0, 0.1) is 17.8 Å². The van der Waals surface area contributed by atoms with E-state index in [1.807, 2.05) is 0 Å². The minimum atomic E-state index is -0.339. The zero-order chi connectivity index (χ0) is 15.0. The van der Waals surface area contributed by atoms with Gasteiger partial charge < -0.3 is 10.6 Å². The molecule has 0 spiro atoms. The minimum Gasteiger partial charge on any atom is -0.316 e. The van der Waals surface area contributed by atoms with Crippen molar-refractivity contribution in [3.05, 3.63) is 0 Å². The molecule has 118 valence electrons. The van der Waals surface area contributed by atoms with Crippen LogP contribution in [0.5, 0.6) is 0 Å². The highest BCUT2D eigenvalue weighted by Gasteiger charge is 2.49. The molecular weight excluding hydrogens is 282 g/mol. The monoisotopic (exact) mass is 309 g/mol. The molecule has 2 heterocycles. The highest BCUT2D eigenvalue weighted by Crippen LogP contribution is 2.42. The SMILES string of the molecule is CCC1CC(C)C(N=C2NC(=O)C(C)(C3CCNC3)S2)C1.